The van der Waals surface area contributed by atoms with Crippen LogP contribution in [0.1, 0.15) is 18.4 Å². The van der Waals surface area contributed by atoms with E-state index in [0.717, 1.165) is 6.42 Å². The number of nitro groups is 1. The summed E-state index contributed by atoms with van der Waals surface area (Å²) in [5.74, 6) is -0.0594. The van der Waals surface area contributed by atoms with E-state index in [2.05, 4.69) is 5.32 Å². The molecule has 0 aliphatic carbocycles. The molecular weight excluding hydrogens is 340 g/mol. The van der Waals surface area contributed by atoms with Gasteiger partial charge in [0, 0.05) is 37.0 Å². The van der Waals surface area contributed by atoms with Crippen molar-refractivity contribution in [1.82, 2.24) is 9.80 Å². The lowest BCUT2D eigenvalue weighted by Gasteiger charge is -2.32. The molecule has 1 N–H and O–H groups in total. The predicted octanol–water partition coefficient (Wildman–Crippen LogP) is 1.76. The second kappa shape index (κ2) is 7.69. The molecule has 0 bridgehead atoms. The lowest BCUT2D eigenvalue weighted by molar-refractivity contribution is -0.385. The third kappa shape index (κ3) is 3.77. The average molecular weight is 362 g/mol. The van der Waals surface area contributed by atoms with E-state index in [4.69, 9.17) is 4.74 Å². The molecule has 140 valence electrons. The van der Waals surface area contributed by atoms with Crippen LogP contribution < -0.4 is 5.32 Å². The Kier molecular flexibility index (Phi) is 5.36. The minimum Gasteiger partial charge on any atom is -0.378 e. The number of likely N-dealkylation sites (tertiary alicyclic amines) is 1. The lowest BCUT2D eigenvalue weighted by Crippen LogP contribution is -2.51. The number of carbonyl (C=O) groups is 2. The van der Waals surface area contributed by atoms with Gasteiger partial charge in [0.2, 0.25) is 5.91 Å². The number of hydrogen-bond donors (Lipinski definition) is 1. The Morgan fingerprint density at radius 1 is 1.27 bits per heavy atom. The molecule has 26 heavy (non-hydrogen) atoms. The van der Waals surface area contributed by atoms with E-state index in [-0.39, 0.29) is 11.6 Å². The third-order valence-electron chi connectivity index (χ3n) is 4.78. The Bertz CT molecular complexity index is 717. The van der Waals surface area contributed by atoms with Crippen LogP contribution in [0.25, 0.3) is 0 Å². The molecule has 9 heteroatoms. The van der Waals surface area contributed by atoms with Crippen molar-refractivity contribution < 1.29 is 19.2 Å². The molecule has 2 heterocycles. The molecule has 2 aliphatic heterocycles. The van der Waals surface area contributed by atoms with Gasteiger partial charge in [-0.1, -0.05) is 6.07 Å². The fraction of sp³-hybridized carbons (Fsp3) is 0.529. The van der Waals surface area contributed by atoms with E-state index in [1.807, 2.05) is 0 Å². The zero-order chi connectivity index (χ0) is 18.7. The van der Waals surface area contributed by atoms with Crippen LogP contribution in [-0.4, -0.2) is 65.6 Å². The van der Waals surface area contributed by atoms with Gasteiger partial charge in [-0.2, -0.15) is 0 Å². The maximum Gasteiger partial charge on any atom is 0.322 e. The number of benzene rings is 1. The van der Waals surface area contributed by atoms with Gasteiger partial charge in [-0.25, -0.2) is 4.79 Å². The van der Waals surface area contributed by atoms with Crippen molar-refractivity contribution in [3.05, 3.63) is 33.9 Å². The molecule has 0 spiro atoms. The quantitative estimate of drug-likeness (QED) is 0.651. The van der Waals surface area contributed by atoms with Crippen LogP contribution >= 0.6 is 0 Å². The number of nitrogens with one attached hydrogen (secondary N) is 1. The number of urea groups is 1. The SMILES string of the molecule is Cc1ccc(NC(=O)N2CCC[C@H]2C(=O)N2CCOCC2)cc1[N+](=O)[O-]. The Labute approximate surface area is 151 Å². The molecule has 1 aromatic rings. The molecule has 0 unspecified atom stereocenters. The first-order chi connectivity index (χ1) is 12.5. The van der Waals surface area contributed by atoms with Crippen molar-refractivity contribution in [1.29, 1.82) is 0 Å². The number of rotatable bonds is 3. The fourth-order valence-corrected chi connectivity index (χ4v) is 3.34. The standard InChI is InChI=1S/C17H22N4O5/c1-12-4-5-13(11-15(12)21(24)25)18-17(23)20-6-2-3-14(20)16(22)19-7-9-26-10-8-19/h4-5,11,14H,2-3,6-10H2,1H3,(H,18,23)/t14-/m0/s1. The van der Waals surface area contributed by atoms with Crippen LogP contribution in [0.4, 0.5) is 16.2 Å². The number of nitro benzene ring substituents is 1. The first-order valence-corrected chi connectivity index (χ1v) is 8.66. The molecule has 2 saturated heterocycles. The second-order valence-corrected chi connectivity index (χ2v) is 6.48. The Morgan fingerprint density at radius 2 is 2.00 bits per heavy atom. The minimum atomic E-state index is -0.492. The molecule has 0 saturated carbocycles. The summed E-state index contributed by atoms with van der Waals surface area (Å²) in [5, 5.41) is 13.7. The highest BCUT2D eigenvalue weighted by Crippen LogP contribution is 2.25. The van der Waals surface area contributed by atoms with Gasteiger partial charge < -0.3 is 19.9 Å². The largest absolute Gasteiger partial charge is 0.378 e. The molecule has 1 aromatic carbocycles. The first-order valence-electron chi connectivity index (χ1n) is 8.66. The van der Waals surface area contributed by atoms with Gasteiger partial charge in [-0.15, -0.1) is 0 Å². The highest BCUT2D eigenvalue weighted by atomic mass is 16.6. The number of aryl methyl sites for hydroxylation is 1. The summed E-state index contributed by atoms with van der Waals surface area (Å²) in [4.78, 5) is 39.2. The molecule has 2 fully saturated rings. The van der Waals surface area contributed by atoms with E-state index in [1.54, 1.807) is 24.0 Å². The monoisotopic (exact) mass is 362 g/mol. The molecule has 3 amide bonds. The van der Waals surface area contributed by atoms with E-state index in [9.17, 15) is 19.7 Å². The summed E-state index contributed by atoms with van der Waals surface area (Å²) in [6, 6.07) is 3.64. The highest BCUT2D eigenvalue weighted by Gasteiger charge is 2.37. The van der Waals surface area contributed by atoms with E-state index >= 15 is 0 Å². The average Bonchev–Trinajstić information content (AvgIpc) is 3.13. The zero-order valence-corrected chi connectivity index (χ0v) is 14.6. The normalized spacial score (nSPS) is 20.1. The highest BCUT2D eigenvalue weighted by molar-refractivity contribution is 5.94. The topological polar surface area (TPSA) is 105 Å². The third-order valence-corrected chi connectivity index (χ3v) is 4.78. The van der Waals surface area contributed by atoms with E-state index in [0.29, 0.717) is 50.5 Å². The van der Waals surface area contributed by atoms with Crippen molar-refractivity contribution in [2.24, 2.45) is 0 Å². The predicted molar refractivity (Wildman–Crippen MR) is 94.0 cm³/mol. The van der Waals surface area contributed by atoms with Crippen LogP contribution in [-0.2, 0) is 9.53 Å². The van der Waals surface area contributed by atoms with Gasteiger partial charge in [0.25, 0.3) is 5.69 Å². The first kappa shape index (κ1) is 18.1. The van der Waals surface area contributed by atoms with Gasteiger partial charge >= 0.3 is 6.03 Å². The van der Waals surface area contributed by atoms with Crippen LogP contribution in [0.2, 0.25) is 0 Å². The summed E-state index contributed by atoms with van der Waals surface area (Å²) in [7, 11) is 0. The summed E-state index contributed by atoms with van der Waals surface area (Å²) in [6.45, 7) is 4.22. The fourth-order valence-electron chi connectivity index (χ4n) is 3.34. The molecular formula is C17H22N4O5. The summed E-state index contributed by atoms with van der Waals surface area (Å²) in [5.41, 5.74) is 0.816. The summed E-state index contributed by atoms with van der Waals surface area (Å²) < 4.78 is 5.26. The van der Waals surface area contributed by atoms with E-state index < -0.39 is 17.0 Å². The number of anilines is 1. The minimum absolute atomic E-state index is 0.0508. The van der Waals surface area contributed by atoms with Gasteiger partial charge in [0.1, 0.15) is 6.04 Å². The molecule has 0 aromatic heterocycles. The Morgan fingerprint density at radius 3 is 2.69 bits per heavy atom. The summed E-state index contributed by atoms with van der Waals surface area (Å²) in [6.07, 6.45) is 1.37. The number of ether oxygens (including phenoxy) is 1. The van der Waals surface area contributed by atoms with Crippen molar-refractivity contribution in [3.63, 3.8) is 0 Å². The molecule has 3 rings (SSSR count). The van der Waals surface area contributed by atoms with Crippen LogP contribution in [0.15, 0.2) is 18.2 Å². The summed E-state index contributed by atoms with van der Waals surface area (Å²) >= 11 is 0. The number of amides is 3. The van der Waals surface area contributed by atoms with Crippen LogP contribution in [0, 0.1) is 17.0 Å². The molecule has 9 nitrogen and oxygen atoms in total. The van der Waals surface area contributed by atoms with Gasteiger partial charge in [-0.05, 0) is 25.8 Å². The smallest absolute Gasteiger partial charge is 0.322 e. The van der Waals surface area contributed by atoms with Crippen molar-refractivity contribution in [2.45, 2.75) is 25.8 Å². The maximum absolute atomic E-state index is 12.7. The lowest BCUT2D eigenvalue weighted by atomic mass is 10.2. The van der Waals surface area contributed by atoms with Gasteiger partial charge in [-0.3, -0.25) is 14.9 Å². The van der Waals surface area contributed by atoms with Crippen LogP contribution in [0.5, 0.6) is 0 Å². The molecule has 1 atom stereocenters. The Balaban J connectivity index is 1.69. The second-order valence-electron chi connectivity index (χ2n) is 6.48. The van der Waals surface area contributed by atoms with Crippen molar-refractivity contribution in [3.8, 4) is 0 Å². The van der Waals surface area contributed by atoms with Crippen molar-refractivity contribution >= 4 is 23.3 Å². The van der Waals surface area contributed by atoms with Gasteiger partial charge in [0.05, 0.1) is 18.1 Å². The number of morpholine rings is 1. The molecule has 2 aliphatic rings. The Hall–Kier alpha value is -2.68. The van der Waals surface area contributed by atoms with Crippen molar-refractivity contribution in [2.75, 3.05) is 38.2 Å². The number of hydrogen-bond acceptors (Lipinski definition) is 5. The maximum atomic E-state index is 12.7. The number of nitrogens with zero attached hydrogens (tertiary/aromatic N) is 3. The molecule has 0 radical (unpaired) electrons. The number of carbonyl (C=O) groups excluding carboxylic acids is 2. The van der Waals surface area contributed by atoms with Gasteiger partial charge in [0.15, 0.2) is 0 Å². The van der Waals surface area contributed by atoms with E-state index in [1.165, 1.54) is 11.0 Å². The van der Waals surface area contributed by atoms with Crippen LogP contribution in [0.3, 0.4) is 0 Å². The zero-order valence-electron chi connectivity index (χ0n) is 14.6.